The van der Waals surface area contributed by atoms with E-state index in [0.29, 0.717) is 53.6 Å². The number of ketones is 1. The Kier molecular flexibility index (Phi) is 8.49. The van der Waals surface area contributed by atoms with Gasteiger partial charge in [-0.15, -0.1) is 11.8 Å². The van der Waals surface area contributed by atoms with Crippen molar-refractivity contribution in [2.75, 3.05) is 26.0 Å². The van der Waals surface area contributed by atoms with E-state index >= 15 is 0 Å². The second kappa shape index (κ2) is 11.3. The molecule has 0 atom stereocenters. The average Bonchev–Trinajstić information content (AvgIpc) is 2.83. The summed E-state index contributed by atoms with van der Waals surface area (Å²) in [5.41, 5.74) is 0.927. The lowest BCUT2D eigenvalue weighted by Gasteiger charge is -2.31. The van der Waals surface area contributed by atoms with Gasteiger partial charge in [-0.3, -0.25) is 19.7 Å². The van der Waals surface area contributed by atoms with Crippen LogP contribution in [0.2, 0.25) is 0 Å². The van der Waals surface area contributed by atoms with Crippen molar-refractivity contribution in [2.45, 2.75) is 38.0 Å². The minimum atomic E-state index is -0.422. The number of amides is 1. The van der Waals surface area contributed by atoms with Crippen molar-refractivity contribution >= 4 is 29.1 Å². The Morgan fingerprint density at radius 3 is 2.33 bits per heavy atom. The van der Waals surface area contributed by atoms with E-state index in [1.165, 1.54) is 17.8 Å². The standard InChI is InChI=1S/C25H30N2O5S/c1-17(2)12-15-33-23-9-6-20(16-22(23)27(30)31)25(29)26-13-10-19(11-14-26)24(28)18-4-7-21(32-3)8-5-18/h4-9,16-17,19H,10-15H2,1-3H3. The summed E-state index contributed by atoms with van der Waals surface area (Å²) in [4.78, 5) is 39.2. The molecule has 1 aliphatic rings. The van der Waals surface area contributed by atoms with Crippen LogP contribution in [0, 0.1) is 22.0 Å². The number of nitro benzene ring substituents is 1. The Morgan fingerprint density at radius 2 is 1.76 bits per heavy atom. The van der Waals surface area contributed by atoms with E-state index in [-0.39, 0.29) is 23.3 Å². The molecular weight excluding hydrogens is 440 g/mol. The van der Waals surface area contributed by atoms with Gasteiger partial charge in [-0.1, -0.05) is 13.8 Å². The number of rotatable bonds is 9. The van der Waals surface area contributed by atoms with Gasteiger partial charge in [-0.25, -0.2) is 0 Å². The molecule has 0 spiro atoms. The van der Waals surface area contributed by atoms with Gasteiger partial charge in [0.05, 0.1) is 16.9 Å². The fourth-order valence-electron chi connectivity index (χ4n) is 3.84. The number of likely N-dealkylation sites (tertiary alicyclic amines) is 1. The zero-order chi connectivity index (χ0) is 24.0. The maximum Gasteiger partial charge on any atom is 0.283 e. The fraction of sp³-hybridized carbons (Fsp3) is 0.440. The third-order valence-electron chi connectivity index (χ3n) is 5.88. The van der Waals surface area contributed by atoms with Crippen molar-refractivity contribution in [2.24, 2.45) is 11.8 Å². The number of carbonyl (C=O) groups is 2. The quantitative estimate of drug-likeness (QED) is 0.209. The first kappa shape index (κ1) is 24.8. The average molecular weight is 471 g/mol. The summed E-state index contributed by atoms with van der Waals surface area (Å²) in [6, 6.07) is 11.8. The van der Waals surface area contributed by atoms with Crippen molar-refractivity contribution in [3.05, 3.63) is 63.7 Å². The Balaban J connectivity index is 1.63. The molecule has 1 fully saturated rings. The molecule has 0 N–H and O–H groups in total. The molecule has 0 aromatic heterocycles. The number of nitro groups is 1. The monoisotopic (exact) mass is 470 g/mol. The minimum absolute atomic E-state index is 0.0285. The summed E-state index contributed by atoms with van der Waals surface area (Å²) in [6.07, 6.45) is 2.11. The van der Waals surface area contributed by atoms with Crippen LogP contribution in [0.25, 0.3) is 0 Å². The van der Waals surface area contributed by atoms with Crippen LogP contribution in [0.1, 0.15) is 53.8 Å². The number of Topliss-reactive ketones (excluding diaryl/α,β-unsaturated/α-hetero) is 1. The van der Waals surface area contributed by atoms with Crippen LogP contribution in [0.3, 0.4) is 0 Å². The molecule has 0 saturated carbocycles. The highest BCUT2D eigenvalue weighted by molar-refractivity contribution is 7.99. The molecule has 3 rings (SSSR count). The number of carbonyl (C=O) groups excluding carboxylic acids is 2. The van der Waals surface area contributed by atoms with E-state index in [1.54, 1.807) is 48.4 Å². The molecule has 1 amide bonds. The third-order valence-corrected chi connectivity index (χ3v) is 6.98. The first-order valence-electron chi connectivity index (χ1n) is 11.2. The number of ether oxygens (including phenoxy) is 1. The lowest BCUT2D eigenvalue weighted by atomic mass is 9.88. The molecule has 0 bridgehead atoms. The van der Waals surface area contributed by atoms with Crippen molar-refractivity contribution in [1.82, 2.24) is 4.90 Å². The molecule has 1 heterocycles. The highest BCUT2D eigenvalue weighted by atomic mass is 32.2. The van der Waals surface area contributed by atoms with E-state index in [4.69, 9.17) is 4.74 Å². The van der Waals surface area contributed by atoms with E-state index in [2.05, 4.69) is 13.8 Å². The predicted octanol–water partition coefficient (Wildman–Crippen LogP) is 5.48. The predicted molar refractivity (Wildman–Crippen MR) is 129 cm³/mol. The fourth-order valence-corrected chi connectivity index (χ4v) is 5.09. The van der Waals surface area contributed by atoms with Crippen LogP contribution in [-0.4, -0.2) is 47.5 Å². The summed E-state index contributed by atoms with van der Waals surface area (Å²) in [5.74, 6) is 1.72. The summed E-state index contributed by atoms with van der Waals surface area (Å²) < 4.78 is 5.14. The maximum absolute atomic E-state index is 13.0. The highest BCUT2D eigenvalue weighted by Gasteiger charge is 2.29. The maximum atomic E-state index is 13.0. The van der Waals surface area contributed by atoms with E-state index < -0.39 is 4.92 Å². The van der Waals surface area contributed by atoms with Gasteiger partial charge in [-0.2, -0.15) is 0 Å². The molecule has 2 aromatic rings. The van der Waals surface area contributed by atoms with Gasteiger partial charge in [0.25, 0.3) is 11.6 Å². The number of hydrogen-bond donors (Lipinski definition) is 0. The van der Waals surface area contributed by atoms with Gasteiger partial charge in [0.15, 0.2) is 5.78 Å². The van der Waals surface area contributed by atoms with Crippen LogP contribution in [0.5, 0.6) is 5.75 Å². The molecular formula is C25H30N2O5S. The molecule has 7 nitrogen and oxygen atoms in total. The van der Waals surface area contributed by atoms with Gasteiger partial charge in [-0.05, 0) is 67.3 Å². The van der Waals surface area contributed by atoms with E-state index in [0.717, 1.165) is 12.2 Å². The summed E-state index contributed by atoms with van der Waals surface area (Å²) in [5, 5.41) is 11.6. The van der Waals surface area contributed by atoms with Crippen LogP contribution in [0.15, 0.2) is 47.4 Å². The zero-order valence-electron chi connectivity index (χ0n) is 19.3. The number of hydrogen-bond acceptors (Lipinski definition) is 6. The molecule has 0 aliphatic carbocycles. The summed E-state index contributed by atoms with van der Waals surface area (Å²) >= 11 is 1.45. The topological polar surface area (TPSA) is 89.8 Å². The number of benzene rings is 2. The van der Waals surface area contributed by atoms with E-state index in [1.807, 2.05) is 0 Å². The number of methoxy groups -OCH3 is 1. The number of thioether (sulfide) groups is 1. The van der Waals surface area contributed by atoms with E-state index in [9.17, 15) is 19.7 Å². The second-order valence-electron chi connectivity index (χ2n) is 8.63. The Bertz CT molecular complexity index is 998. The van der Waals surface area contributed by atoms with Crippen LogP contribution < -0.4 is 4.74 Å². The first-order valence-corrected chi connectivity index (χ1v) is 12.2. The lowest BCUT2D eigenvalue weighted by molar-refractivity contribution is -0.387. The zero-order valence-corrected chi connectivity index (χ0v) is 20.1. The normalized spacial score (nSPS) is 14.4. The largest absolute Gasteiger partial charge is 0.497 e. The van der Waals surface area contributed by atoms with Gasteiger partial charge < -0.3 is 9.64 Å². The highest BCUT2D eigenvalue weighted by Crippen LogP contribution is 2.32. The van der Waals surface area contributed by atoms with Crippen molar-refractivity contribution < 1.29 is 19.2 Å². The Hall–Kier alpha value is -2.87. The molecule has 0 radical (unpaired) electrons. The second-order valence-corrected chi connectivity index (χ2v) is 9.77. The van der Waals surface area contributed by atoms with Gasteiger partial charge >= 0.3 is 0 Å². The third kappa shape index (κ3) is 6.35. The first-order chi connectivity index (χ1) is 15.8. The van der Waals surface area contributed by atoms with Crippen LogP contribution >= 0.6 is 11.8 Å². The van der Waals surface area contributed by atoms with Gasteiger partial charge in [0.2, 0.25) is 0 Å². The van der Waals surface area contributed by atoms with Gasteiger partial charge in [0, 0.05) is 36.2 Å². The number of piperidine rings is 1. The smallest absolute Gasteiger partial charge is 0.283 e. The van der Waals surface area contributed by atoms with Crippen molar-refractivity contribution in [3.63, 3.8) is 0 Å². The lowest BCUT2D eigenvalue weighted by Crippen LogP contribution is -2.40. The summed E-state index contributed by atoms with van der Waals surface area (Å²) in [7, 11) is 1.58. The molecule has 1 saturated heterocycles. The van der Waals surface area contributed by atoms with Crippen molar-refractivity contribution in [1.29, 1.82) is 0 Å². The molecule has 0 unspecified atom stereocenters. The SMILES string of the molecule is COc1ccc(C(=O)C2CCN(C(=O)c3ccc(SCCC(C)C)c([N+](=O)[O-])c3)CC2)cc1. The molecule has 176 valence electrons. The molecule has 1 aliphatic heterocycles. The minimum Gasteiger partial charge on any atom is -0.497 e. The molecule has 33 heavy (non-hydrogen) atoms. The van der Waals surface area contributed by atoms with Crippen molar-refractivity contribution in [3.8, 4) is 5.75 Å². The number of nitrogens with zero attached hydrogens (tertiary/aromatic N) is 2. The Morgan fingerprint density at radius 1 is 1.12 bits per heavy atom. The van der Waals surface area contributed by atoms with Gasteiger partial charge in [0.1, 0.15) is 5.75 Å². The van der Waals surface area contributed by atoms with Crippen LogP contribution in [-0.2, 0) is 0 Å². The van der Waals surface area contributed by atoms with Crippen LogP contribution in [0.4, 0.5) is 5.69 Å². The molecule has 2 aromatic carbocycles. The molecule has 8 heteroatoms. The summed E-state index contributed by atoms with van der Waals surface area (Å²) in [6.45, 7) is 5.13. The Labute approximate surface area is 198 Å².